The van der Waals surface area contributed by atoms with Crippen LogP contribution < -0.4 is 16.6 Å². The molecular formula is C23H17F6N3O4. The van der Waals surface area contributed by atoms with Crippen LogP contribution in [0.5, 0.6) is 0 Å². The first-order valence-electron chi connectivity index (χ1n) is 10.2. The molecule has 0 aliphatic rings. The van der Waals surface area contributed by atoms with Crippen molar-refractivity contribution in [1.29, 1.82) is 0 Å². The summed E-state index contributed by atoms with van der Waals surface area (Å²) in [4.78, 5) is 50.0. The van der Waals surface area contributed by atoms with Gasteiger partial charge in [0, 0.05) is 6.20 Å². The third kappa shape index (κ3) is 5.90. The Kier molecular flexibility index (Phi) is 7.22. The number of hydrogen-bond donors (Lipinski definition) is 1. The molecule has 0 saturated heterocycles. The van der Waals surface area contributed by atoms with Crippen molar-refractivity contribution in [3.8, 4) is 0 Å². The van der Waals surface area contributed by atoms with Gasteiger partial charge in [0.25, 0.3) is 5.56 Å². The molecule has 1 N–H and O–H groups in total. The Hall–Kier alpha value is -4.16. The maximum Gasteiger partial charge on any atom is 0.418 e. The predicted octanol–water partition coefficient (Wildman–Crippen LogP) is 3.94. The van der Waals surface area contributed by atoms with Gasteiger partial charge in [0.2, 0.25) is 5.91 Å². The van der Waals surface area contributed by atoms with Gasteiger partial charge in [-0.3, -0.25) is 23.5 Å². The largest absolute Gasteiger partial charge is 0.418 e. The van der Waals surface area contributed by atoms with Crippen LogP contribution in [0, 0.1) is 0 Å². The molecule has 190 valence electrons. The summed E-state index contributed by atoms with van der Waals surface area (Å²) in [6.45, 7) is -0.217. The number of Topliss-reactive ketones (excluding diaryl/α,β-unsaturated/α-hetero) is 1. The molecule has 0 atom stereocenters. The molecule has 0 unspecified atom stereocenters. The number of hydrogen-bond acceptors (Lipinski definition) is 4. The molecular weight excluding hydrogens is 496 g/mol. The number of benzene rings is 2. The summed E-state index contributed by atoms with van der Waals surface area (Å²) in [6.07, 6.45) is -9.29. The van der Waals surface area contributed by atoms with Gasteiger partial charge < -0.3 is 5.32 Å². The number of rotatable bonds is 6. The lowest BCUT2D eigenvalue weighted by molar-refractivity contribution is -0.141. The number of ketones is 1. The van der Waals surface area contributed by atoms with Gasteiger partial charge in [-0.15, -0.1) is 0 Å². The summed E-state index contributed by atoms with van der Waals surface area (Å²) in [5.74, 6) is -2.03. The number of halogens is 6. The van der Waals surface area contributed by atoms with Crippen molar-refractivity contribution >= 4 is 17.4 Å². The first-order valence-corrected chi connectivity index (χ1v) is 10.2. The van der Waals surface area contributed by atoms with Crippen LogP contribution in [0.4, 0.5) is 32.0 Å². The molecule has 1 amide bonds. The van der Waals surface area contributed by atoms with Crippen molar-refractivity contribution in [1.82, 2.24) is 9.13 Å². The van der Waals surface area contributed by atoms with Crippen LogP contribution in [0.1, 0.15) is 34.0 Å². The van der Waals surface area contributed by atoms with Crippen LogP contribution in [0.3, 0.4) is 0 Å². The van der Waals surface area contributed by atoms with E-state index in [0.717, 1.165) is 13.1 Å². The number of amides is 1. The van der Waals surface area contributed by atoms with Gasteiger partial charge in [-0.1, -0.05) is 30.3 Å². The van der Waals surface area contributed by atoms with E-state index in [1.54, 1.807) is 35.6 Å². The maximum atomic E-state index is 13.3. The van der Waals surface area contributed by atoms with Gasteiger partial charge in [0.1, 0.15) is 6.54 Å². The van der Waals surface area contributed by atoms with E-state index in [-0.39, 0.29) is 24.7 Å². The zero-order valence-electron chi connectivity index (χ0n) is 18.4. The van der Waals surface area contributed by atoms with Crippen LogP contribution in [-0.4, -0.2) is 20.8 Å². The molecule has 0 bridgehead atoms. The quantitative estimate of drug-likeness (QED) is 0.400. The third-order valence-corrected chi connectivity index (χ3v) is 5.04. The zero-order valence-corrected chi connectivity index (χ0v) is 18.4. The number of nitrogens with one attached hydrogen (secondary N) is 1. The van der Waals surface area contributed by atoms with Crippen LogP contribution >= 0.6 is 0 Å². The van der Waals surface area contributed by atoms with Crippen molar-refractivity contribution in [2.75, 3.05) is 5.32 Å². The van der Waals surface area contributed by atoms with Crippen molar-refractivity contribution in [2.24, 2.45) is 0 Å². The second kappa shape index (κ2) is 9.84. The minimum Gasteiger partial charge on any atom is -0.324 e. The normalized spacial score (nSPS) is 11.9. The van der Waals surface area contributed by atoms with Crippen molar-refractivity contribution in [3.05, 3.63) is 97.8 Å². The number of alkyl halides is 6. The molecule has 0 aliphatic carbocycles. The van der Waals surface area contributed by atoms with E-state index in [9.17, 15) is 45.5 Å². The highest BCUT2D eigenvalue weighted by atomic mass is 19.4. The van der Waals surface area contributed by atoms with E-state index < -0.39 is 64.2 Å². The molecule has 1 aromatic heterocycles. The summed E-state index contributed by atoms with van der Waals surface area (Å²) in [5.41, 5.74) is -6.08. The Labute approximate surface area is 198 Å². The highest BCUT2D eigenvalue weighted by Crippen LogP contribution is 2.38. The smallest absolute Gasteiger partial charge is 0.324 e. The Morgan fingerprint density at radius 2 is 1.56 bits per heavy atom. The van der Waals surface area contributed by atoms with Gasteiger partial charge in [-0.25, -0.2) is 4.79 Å². The van der Waals surface area contributed by atoms with Crippen molar-refractivity contribution in [2.45, 2.75) is 32.4 Å². The summed E-state index contributed by atoms with van der Waals surface area (Å²) < 4.78 is 80.2. The number of carbonyl (C=O) groups is 2. The number of anilines is 1. The first kappa shape index (κ1) is 26.4. The van der Waals surface area contributed by atoms with E-state index in [1.165, 1.54) is 0 Å². The van der Waals surface area contributed by atoms with Crippen LogP contribution in [0.2, 0.25) is 0 Å². The number of nitrogens with zero attached hydrogens (tertiary/aromatic N) is 2. The topological polar surface area (TPSA) is 90.2 Å². The average molecular weight is 513 g/mol. The number of carbonyl (C=O) groups excluding carboxylic acids is 2. The SMILES string of the molecule is CC(=O)c1cn(CC(=O)Nc2cc(C(F)(F)F)ccc2C(F)(F)F)c(=O)n(Cc2ccccc2)c1=O. The lowest BCUT2D eigenvalue weighted by Crippen LogP contribution is -2.43. The molecule has 0 spiro atoms. The molecule has 36 heavy (non-hydrogen) atoms. The minimum absolute atomic E-state index is 0.126. The van der Waals surface area contributed by atoms with E-state index >= 15 is 0 Å². The average Bonchev–Trinajstić information content (AvgIpc) is 2.77. The fourth-order valence-electron chi connectivity index (χ4n) is 3.33. The standard InChI is InChI=1S/C23H17F6N3O4/c1-13(33)16-11-31(21(36)32(20(16)35)10-14-5-3-2-4-6-14)12-19(34)30-18-9-15(22(24,25)26)7-8-17(18)23(27,28)29/h2-9,11H,10,12H2,1H3,(H,30,34). The Morgan fingerprint density at radius 1 is 0.917 bits per heavy atom. The maximum absolute atomic E-state index is 13.3. The zero-order chi connectivity index (χ0) is 26.8. The van der Waals surface area contributed by atoms with E-state index in [4.69, 9.17) is 0 Å². The Balaban J connectivity index is 2.01. The van der Waals surface area contributed by atoms with E-state index in [2.05, 4.69) is 0 Å². The van der Waals surface area contributed by atoms with Gasteiger partial charge >= 0.3 is 18.0 Å². The number of aromatic nitrogens is 2. The summed E-state index contributed by atoms with van der Waals surface area (Å²) in [7, 11) is 0. The van der Waals surface area contributed by atoms with Gasteiger partial charge in [0.15, 0.2) is 5.78 Å². The summed E-state index contributed by atoms with van der Waals surface area (Å²) in [5, 5.41) is 1.75. The fourth-order valence-corrected chi connectivity index (χ4v) is 3.33. The molecule has 0 aliphatic heterocycles. The highest BCUT2D eigenvalue weighted by molar-refractivity contribution is 5.94. The van der Waals surface area contributed by atoms with Crippen LogP contribution in [0.15, 0.2) is 64.3 Å². The molecule has 2 aromatic carbocycles. The molecule has 13 heteroatoms. The molecule has 0 saturated carbocycles. The van der Waals surface area contributed by atoms with E-state index in [0.29, 0.717) is 14.7 Å². The fraction of sp³-hybridized carbons (Fsp3) is 0.217. The first-order chi connectivity index (χ1) is 16.7. The van der Waals surface area contributed by atoms with Crippen LogP contribution in [0.25, 0.3) is 0 Å². The molecule has 0 radical (unpaired) electrons. The lowest BCUT2D eigenvalue weighted by atomic mass is 10.1. The molecule has 3 aromatic rings. The van der Waals surface area contributed by atoms with Crippen LogP contribution in [-0.2, 0) is 30.2 Å². The monoisotopic (exact) mass is 513 g/mol. The molecule has 7 nitrogen and oxygen atoms in total. The van der Waals surface area contributed by atoms with Crippen molar-refractivity contribution < 1.29 is 35.9 Å². The van der Waals surface area contributed by atoms with Gasteiger partial charge in [0.05, 0.1) is 28.9 Å². The third-order valence-electron chi connectivity index (χ3n) is 5.04. The molecule has 3 rings (SSSR count). The second-order valence-electron chi connectivity index (χ2n) is 7.69. The molecule has 1 heterocycles. The van der Waals surface area contributed by atoms with Crippen molar-refractivity contribution in [3.63, 3.8) is 0 Å². The Bertz CT molecular complexity index is 1420. The highest BCUT2D eigenvalue weighted by Gasteiger charge is 2.37. The second-order valence-corrected chi connectivity index (χ2v) is 7.69. The molecule has 0 fully saturated rings. The predicted molar refractivity (Wildman–Crippen MR) is 116 cm³/mol. The summed E-state index contributed by atoms with van der Waals surface area (Å²) in [6, 6.07) is 8.67. The van der Waals surface area contributed by atoms with E-state index in [1.807, 2.05) is 0 Å². The van der Waals surface area contributed by atoms with Gasteiger partial charge in [-0.2, -0.15) is 26.3 Å². The summed E-state index contributed by atoms with van der Waals surface area (Å²) >= 11 is 0. The lowest BCUT2D eigenvalue weighted by Gasteiger charge is -2.17. The Morgan fingerprint density at radius 3 is 2.11 bits per heavy atom. The van der Waals surface area contributed by atoms with Gasteiger partial charge in [-0.05, 0) is 30.7 Å². The minimum atomic E-state index is -5.09.